The van der Waals surface area contributed by atoms with Crippen molar-refractivity contribution in [3.05, 3.63) is 12.2 Å². The fourth-order valence-electron chi connectivity index (χ4n) is 10.6. The lowest BCUT2D eigenvalue weighted by atomic mass is 9.46. The Kier molecular flexibility index (Phi) is 4.27. The van der Waals surface area contributed by atoms with Crippen LogP contribution in [0.15, 0.2) is 12.2 Å². The molecule has 12 nitrogen and oxygen atoms in total. The van der Waals surface area contributed by atoms with Gasteiger partial charge in [-0.15, -0.1) is 0 Å². The summed E-state index contributed by atoms with van der Waals surface area (Å²) in [7, 11) is 0. The monoisotopic (exact) mass is 560 g/mol. The van der Waals surface area contributed by atoms with Crippen molar-refractivity contribution < 1.29 is 58.6 Å². The van der Waals surface area contributed by atoms with Crippen molar-refractivity contribution in [2.75, 3.05) is 6.61 Å². The molecule has 7 fully saturated rings. The molecule has 0 amide bonds. The van der Waals surface area contributed by atoms with E-state index in [-0.39, 0.29) is 25.9 Å². The van der Waals surface area contributed by atoms with Crippen LogP contribution in [-0.2, 0) is 38.1 Å². The normalized spacial score (nSPS) is 62.6. The van der Waals surface area contributed by atoms with Gasteiger partial charge in [0.25, 0.3) is 0 Å². The van der Waals surface area contributed by atoms with Crippen LogP contribution in [0.2, 0.25) is 0 Å². The molecular weight excluding hydrogens is 528 g/mol. The maximum Gasteiger partial charge on any atom is 0.342 e. The van der Waals surface area contributed by atoms with E-state index >= 15 is 0 Å². The van der Waals surface area contributed by atoms with Crippen LogP contribution in [0.3, 0.4) is 0 Å². The van der Waals surface area contributed by atoms with Crippen molar-refractivity contribution in [1.82, 2.24) is 0 Å². The molecule has 1 unspecified atom stereocenters. The molecule has 8 aliphatic rings. The van der Waals surface area contributed by atoms with Gasteiger partial charge < -0.3 is 39.4 Å². The van der Waals surface area contributed by atoms with E-state index in [1.165, 1.54) is 26.0 Å². The maximum absolute atomic E-state index is 14.9. The van der Waals surface area contributed by atoms with Crippen molar-refractivity contribution in [3.8, 4) is 0 Å². The lowest BCUT2D eigenvalue weighted by molar-refractivity contribution is -0.387. The number of aliphatic hydroxyl groups excluding tert-OH is 2. The van der Waals surface area contributed by atoms with Crippen molar-refractivity contribution in [3.63, 3.8) is 0 Å². The molecule has 0 aromatic rings. The Morgan fingerprint density at radius 1 is 1.02 bits per heavy atom. The molecular formula is C28H32O12. The number of hydrogen-bond acceptors (Lipinski definition) is 12. The third-order valence-corrected chi connectivity index (χ3v) is 12.7. The number of esters is 2. The number of carbonyl (C=O) groups excluding carboxylic acids is 4. The van der Waals surface area contributed by atoms with Gasteiger partial charge in [0.15, 0.2) is 28.4 Å². The van der Waals surface area contributed by atoms with Crippen LogP contribution in [0.25, 0.3) is 0 Å². The third kappa shape index (κ3) is 2.12. The first kappa shape index (κ1) is 25.5. The van der Waals surface area contributed by atoms with Crippen LogP contribution in [0.1, 0.15) is 46.5 Å². The zero-order valence-electron chi connectivity index (χ0n) is 22.3. The molecule has 0 radical (unpaired) electrons. The first-order chi connectivity index (χ1) is 18.6. The zero-order valence-corrected chi connectivity index (χ0v) is 22.3. The summed E-state index contributed by atoms with van der Waals surface area (Å²) in [6.07, 6.45) is -2.40. The number of ether oxygens (including phenoxy) is 4. The summed E-state index contributed by atoms with van der Waals surface area (Å²) < 4.78 is 24.7. The lowest BCUT2D eigenvalue weighted by Crippen LogP contribution is -2.80. The average molecular weight is 561 g/mol. The summed E-state index contributed by atoms with van der Waals surface area (Å²) in [6.45, 7) is 4.32. The van der Waals surface area contributed by atoms with Crippen LogP contribution in [0, 0.1) is 34.5 Å². The number of allylic oxidation sites excluding steroid dienone is 1. The summed E-state index contributed by atoms with van der Waals surface area (Å²) in [5.74, 6) is -9.96. The lowest BCUT2D eigenvalue weighted by Gasteiger charge is -2.64. The molecule has 14 atom stereocenters. The zero-order chi connectivity index (χ0) is 28.6. The fraction of sp³-hybridized carbons (Fsp3) is 0.786. The number of ketones is 2. The number of hydrogen-bond donors (Lipinski definition) is 4. The first-order valence-electron chi connectivity index (χ1n) is 13.9. The molecule has 5 heterocycles. The van der Waals surface area contributed by atoms with Gasteiger partial charge in [-0.1, -0.05) is 13.0 Å². The number of fused-ring (bicyclic) bond motifs is 5. The highest BCUT2D eigenvalue weighted by molar-refractivity contribution is 6.00. The van der Waals surface area contributed by atoms with Gasteiger partial charge in [-0.25, -0.2) is 4.79 Å². The van der Waals surface area contributed by atoms with Gasteiger partial charge in [-0.05, 0) is 44.6 Å². The van der Waals surface area contributed by atoms with Crippen LogP contribution < -0.4 is 0 Å². The van der Waals surface area contributed by atoms with Crippen LogP contribution >= 0.6 is 0 Å². The molecule has 3 aliphatic carbocycles. The van der Waals surface area contributed by atoms with E-state index in [9.17, 15) is 39.6 Å². The molecule has 0 aromatic carbocycles. The fourth-order valence-corrected chi connectivity index (χ4v) is 10.6. The molecule has 2 saturated carbocycles. The predicted octanol–water partition coefficient (Wildman–Crippen LogP) is -1.31. The van der Waals surface area contributed by atoms with Crippen molar-refractivity contribution >= 4 is 23.5 Å². The quantitative estimate of drug-likeness (QED) is 0.257. The highest BCUT2D eigenvalue weighted by Crippen LogP contribution is 2.75. The highest BCUT2D eigenvalue weighted by atomic mass is 16.8. The van der Waals surface area contributed by atoms with Gasteiger partial charge >= 0.3 is 11.9 Å². The van der Waals surface area contributed by atoms with Crippen LogP contribution in [-0.4, -0.2) is 97.0 Å². The predicted molar refractivity (Wildman–Crippen MR) is 127 cm³/mol. The Hall–Kier alpha value is -2.22. The van der Waals surface area contributed by atoms with E-state index in [2.05, 4.69) is 0 Å². The van der Waals surface area contributed by atoms with Crippen molar-refractivity contribution in [2.24, 2.45) is 34.5 Å². The second-order valence-corrected chi connectivity index (χ2v) is 13.9. The Balaban J connectivity index is 1.45. The topological polar surface area (TPSA) is 186 Å². The maximum atomic E-state index is 14.9. The minimum Gasteiger partial charge on any atom is -0.458 e. The Bertz CT molecular complexity index is 1360. The molecule has 40 heavy (non-hydrogen) atoms. The van der Waals surface area contributed by atoms with Gasteiger partial charge in [0.2, 0.25) is 5.79 Å². The number of rotatable bonds is 0. The van der Waals surface area contributed by atoms with E-state index in [0.29, 0.717) is 0 Å². The second kappa shape index (κ2) is 6.71. The molecule has 5 saturated heterocycles. The second-order valence-electron chi connectivity index (χ2n) is 13.9. The summed E-state index contributed by atoms with van der Waals surface area (Å²) in [6, 6.07) is 0. The van der Waals surface area contributed by atoms with Crippen LogP contribution in [0.5, 0.6) is 0 Å². The minimum atomic E-state index is -2.60. The van der Waals surface area contributed by atoms with Gasteiger partial charge in [0.05, 0.1) is 36.1 Å². The molecule has 5 aliphatic heterocycles. The smallest absolute Gasteiger partial charge is 0.342 e. The molecule has 2 spiro atoms. The van der Waals surface area contributed by atoms with Crippen LogP contribution in [0.4, 0.5) is 0 Å². The molecule has 8 rings (SSSR count). The first-order valence-corrected chi connectivity index (χ1v) is 13.9. The van der Waals surface area contributed by atoms with E-state index in [1.807, 2.05) is 0 Å². The van der Waals surface area contributed by atoms with Crippen molar-refractivity contribution in [1.29, 1.82) is 0 Å². The molecule has 5 bridgehead atoms. The van der Waals surface area contributed by atoms with Gasteiger partial charge in [-0.2, -0.15) is 0 Å². The number of aliphatic hydroxyl groups is 4. The summed E-state index contributed by atoms with van der Waals surface area (Å²) >= 11 is 0. The van der Waals surface area contributed by atoms with Gasteiger partial charge in [0, 0.05) is 18.3 Å². The Labute approximate surface area is 228 Å². The largest absolute Gasteiger partial charge is 0.458 e. The molecule has 12 heteroatoms. The summed E-state index contributed by atoms with van der Waals surface area (Å²) in [5.41, 5.74) is -11.5. The van der Waals surface area contributed by atoms with E-state index < -0.39 is 111 Å². The summed E-state index contributed by atoms with van der Waals surface area (Å²) in [5, 5.41) is 47.6. The average Bonchev–Trinajstić information content (AvgIpc) is 3.19. The van der Waals surface area contributed by atoms with Crippen molar-refractivity contribution in [2.45, 2.75) is 93.0 Å². The molecule has 216 valence electrons. The summed E-state index contributed by atoms with van der Waals surface area (Å²) in [4.78, 5) is 55.6. The molecule has 0 aromatic heterocycles. The van der Waals surface area contributed by atoms with Gasteiger partial charge in [0.1, 0.15) is 11.7 Å². The standard InChI is InChI=1S/C28H32O12/c1-22-9-16-24(3)28-18(22)19(32)27(40-28,37-10-12(22)20(33)38-16)11-7-15(31)25(35)6-4-5-14(30)23(25,2)17(11)13(29)8-26(28,36)21(34)39-24/h4-5,11-13,15-18,29,31,35-36H,6-10H2,1-3H3/t11-,12+,13+,15-,16-,17-,18?,22-,23-,24+,25+,26-,27-,28+/m1/s1. The van der Waals surface area contributed by atoms with E-state index in [4.69, 9.17) is 18.9 Å². The minimum absolute atomic E-state index is 0.0976. The van der Waals surface area contributed by atoms with E-state index in [1.54, 1.807) is 6.92 Å². The number of Topliss-reactive ketones (excluding diaryl/α,β-unsaturated/α-hetero) is 1. The van der Waals surface area contributed by atoms with Gasteiger partial charge in [-0.3, -0.25) is 14.4 Å². The Morgan fingerprint density at radius 2 is 1.75 bits per heavy atom. The SMILES string of the molecule is C[C@@]12C[C@H]3OC(=O)[C@@H]1CO[C@]14O[C@]5(C2C1=O)[C@@](O)(C[C@H](O)[C@H]1[C@H]4C[C@@H](O)[C@@]2(O)CC=CC(=O)[C@]12C)C(=O)O[C@@]35C. The number of carbonyl (C=O) groups is 4. The Morgan fingerprint density at radius 3 is 2.48 bits per heavy atom. The van der Waals surface area contributed by atoms with E-state index in [0.717, 1.165) is 0 Å². The third-order valence-electron chi connectivity index (χ3n) is 12.7. The molecule has 4 N–H and O–H groups in total. The highest BCUT2D eigenvalue weighted by Gasteiger charge is 2.94.